The molecule has 2 amide bonds. The molecule has 1 saturated heterocycles. The molecule has 1 atom stereocenters. The largest absolute Gasteiger partial charge is 0.496 e. The number of hydrogen-bond donors (Lipinski definition) is 1. The second-order valence-electron chi connectivity index (χ2n) is 6.62. The molecule has 26 heavy (non-hydrogen) atoms. The van der Waals surface area contributed by atoms with Crippen LogP contribution >= 0.6 is 0 Å². The molecule has 1 aromatic rings. The van der Waals surface area contributed by atoms with Gasteiger partial charge in [-0.1, -0.05) is 0 Å². The van der Waals surface area contributed by atoms with E-state index in [0.717, 1.165) is 5.56 Å². The van der Waals surface area contributed by atoms with E-state index in [2.05, 4.69) is 5.32 Å². The Morgan fingerprint density at radius 1 is 1.15 bits per heavy atom. The molecular weight excluding hydrogens is 336 g/mol. The van der Waals surface area contributed by atoms with Gasteiger partial charge in [-0.05, 0) is 26.3 Å². The maximum absolute atomic E-state index is 13.0. The Labute approximate surface area is 154 Å². The molecule has 2 rings (SSSR count). The Hall–Kier alpha value is -2.44. The van der Waals surface area contributed by atoms with E-state index < -0.39 is 0 Å². The van der Waals surface area contributed by atoms with Gasteiger partial charge in [0.15, 0.2) is 11.5 Å². The number of carbonyl (C=O) groups excluding carboxylic acids is 2. The summed E-state index contributed by atoms with van der Waals surface area (Å²) in [7, 11) is 4.73. The first kappa shape index (κ1) is 19.9. The molecule has 1 heterocycles. The average Bonchev–Trinajstić information content (AvgIpc) is 2.65. The first-order valence-corrected chi connectivity index (χ1v) is 8.77. The van der Waals surface area contributed by atoms with Crippen molar-refractivity contribution in [2.75, 3.05) is 27.9 Å². The van der Waals surface area contributed by atoms with Gasteiger partial charge >= 0.3 is 0 Å². The first-order valence-electron chi connectivity index (χ1n) is 8.77. The summed E-state index contributed by atoms with van der Waals surface area (Å²) in [6.45, 7) is 4.74. The lowest BCUT2D eigenvalue weighted by Crippen LogP contribution is -2.46. The summed E-state index contributed by atoms with van der Waals surface area (Å²) in [5.74, 6) is 1.65. The molecule has 0 saturated carbocycles. The van der Waals surface area contributed by atoms with Crippen LogP contribution in [0.3, 0.4) is 0 Å². The maximum Gasteiger partial charge on any atom is 0.228 e. The lowest BCUT2D eigenvalue weighted by molar-refractivity contribution is -0.139. The zero-order valence-corrected chi connectivity index (χ0v) is 16.1. The van der Waals surface area contributed by atoms with Gasteiger partial charge in [0.1, 0.15) is 5.75 Å². The maximum atomic E-state index is 13.0. The average molecular weight is 364 g/mol. The highest BCUT2D eigenvalue weighted by Crippen LogP contribution is 2.35. The minimum Gasteiger partial charge on any atom is -0.496 e. The Balaban J connectivity index is 2.26. The number of rotatable bonds is 7. The molecule has 0 spiro atoms. The molecule has 0 radical (unpaired) electrons. The Kier molecular flexibility index (Phi) is 6.71. The van der Waals surface area contributed by atoms with Gasteiger partial charge in [-0.15, -0.1) is 0 Å². The molecule has 0 bridgehead atoms. The first-order chi connectivity index (χ1) is 12.4. The molecular formula is C19H28N2O5. The number of methoxy groups -OCH3 is 3. The van der Waals surface area contributed by atoms with E-state index in [1.165, 1.54) is 0 Å². The number of ether oxygens (including phenoxy) is 3. The van der Waals surface area contributed by atoms with E-state index >= 15 is 0 Å². The van der Waals surface area contributed by atoms with E-state index in [1.54, 1.807) is 27.4 Å². The number of piperidine rings is 1. The third kappa shape index (κ3) is 4.39. The highest BCUT2D eigenvalue weighted by Gasteiger charge is 2.30. The van der Waals surface area contributed by atoms with Crippen LogP contribution in [0.25, 0.3) is 0 Å². The highest BCUT2D eigenvalue weighted by molar-refractivity contribution is 5.84. The van der Waals surface area contributed by atoms with Crippen LogP contribution in [0.1, 0.15) is 32.3 Å². The van der Waals surface area contributed by atoms with E-state index in [4.69, 9.17) is 14.2 Å². The standard InChI is InChI=1S/C19H28N2O5/c1-12(2)21(19(23)13-6-7-18(22)20-10-13)11-14-8-16(25-4)17(26-5)9-15(14)24-3/h8-9,12-13H,6-7,10-11H2,1-5H3,(H,20,22)/t13-/m1/s1. The number of nitrogens with zero attached hydrogens (tertiary/aromatic N) is 1. The van der Waals surface area contributed by atoms with Crippen LogP contribution in [0, 0.1) is 5.92 Å². The van der Waals surface area contributed by atoms with Crippen LogP contribution in [0.5, 0.6) is 17.2 Å². The topological polar surface area (TPSA) is 77.1 Å². The normalized spacial score (nSPS) is 16.8. The van der Waals surface area contributed by atoms with Crippen LogP contribution in [0.4, 0.5) is 0 Å². The molecule has 0 aromatic heterocycles. The number of amides is 2. The molecule has 1 N–H and O–H groups in total. The zero-order chi connectivity index (χ0) is 19.3. The molecule has 0 unspecified atom stereocenters. The summed E-state index contributed by atoms with van der Waals surface area (Å²) in [6.07, 6.45) is 0.971. The third-order valence-electron chi connectivity index (χ3n) is 4.65. The Morgan fingerprint density at radius 3 is 2.27 bits per heavy atom. The van der Waals surface area contributed by atoms with Gasteiger partial charge in [0.2, 0.25) is 11.8 Å². The molecule has 144 valence electrons. The van der Waals surface area contributed by atoms with Crippen molar-refractivity contribution in [3.63, 3.8) is 0 Å². The SMILES string of the molecule is COc1cc(OC)c(OC)cc1CN(C(=O)[C@@H]1CCC(=O)NC1)C(C)C. The fourth-order valence-electron chi connectivity index (χ4n) is 3.09. The predicted molar refractivity (Wildman–Crippen MR) is 97.5 cm³/mol. The minimum absolute atomic E-state index is 0.00621. The smallest absolute Gasteiger partial charge is 0.228 e. The molecule has 7 heteroatoms. The summed E-state index contributed by atoms with van der Waals surface area (Å²) < 4.78 is 16.2. The quantitative estimate of drug-likeness (QED) is 0.800. The van der Waals surface area contributed by atoms with Gasteiger partial charge in [0.05, 0.1) is 27.2 Å². The second-order valence-corrected chi connectivity index (χ2v) is 6.62. The van der Waals surface area contributed by atoms with E-state index in [9.17, 15) is 9.59 Å². The Morgan fingerprint density at radius 2 is 1.77 bits per heavy atom. The van der Waals surface area contributed by atoms with Crippen LogP contribution in [0.15, 0.2) is 12.1 Å². The third-order valence-corrected chi connectivity index (χ3v) is 4.65. The van der Waals surface area contributed by atoms with Crippen LogP contribution in [-0.4, -0.2) is 50.6 Å². The lowest BCUT2D eigenvalue weighted by atomic mass is 9.96. The van der Waals surface area contributed by atoms with E-state index in [0.29, 0.717) is 43.2 Å². The van der Waals surface area contributed by atoms with E-state index in [1.807, 2.05) is 24.8 Å². The Bertz CT molecular complexity index is 650. The molecule has 1 aromatic carbocycles. The van der Waals surface area contributed by atoms with Gasteiger partial charge in [-0.25, -0.2) is 0 Å². The minimum atomic E-state index is -0.193. The van der Waals surface area contributed by atoms with Crippen molar-refractivity contribution in [1.29, 1.82) is 0 Å². The second kappa shape index (κ2) is 8.78. The molecule has 7 nitrogen and oxygen atoms in total. The van der Waals surface area contributed by atoms with Crippen molar-refractivity contribution < 1.29 is 23.8 Å². The van der Waals surface area contributed by atoms with Gasteiger partial charge in [0, 0.05) is 37.2 Å². The number of benzene rings is 1. The van der Waals surface area contributed by atoms with Crippen molar-refractivity contribution in [2.24, 2.45) is 5.92 Å². The summed E-state index contributed by atoms with van der Waals surface area (Å²) in [6, 6.07) is 3.61. The fourth-order valence-corrected chi connectivity index (χ4v) is 3.09. The van der Waals surface area contributed by atoms with Crippen LogP contribution < -0.4 is 19.5 Å². The van der Waals surface area contributed by atoms with Crippen molar-refractivity contribution in [3.8, 4) is 17.2 Å². The van der Waals surface area contributed by atoms with Crippen LogP contribution in [0.2, 0.25) is 0 Å². The monoisotopic (exact) mass is 364 g/mol. The predicted octanol–water partition coefficient (Wildman–Crippen LogP) is 1.98. The number of hydrogen-bond acceptors (Lipinski definition) is 5. The van der Waals surface area contributed by atoms with Gasteiger partial charge in [0.25, 0.3) is 0 Å². The van der Waals surface area contributed by atoms with Gasteiger partial charge < -0.3 is 24.4 Å². The summed E-state index contributed by atoms with van der Waals surface area (Å²) in [5.41, 5.74) is 0.840. The number of carbonyl (C=O) groups is 2. The van der Waals surface area contributed by atoms with Crippen molar-refractivity contribution in [3.05, 3.63) is 17.7 Å². The van der Waals surface area contributed by atoms with Crippen molar-refractivity contribution in [2.45, 2.75) is 39.3 Å². The molecule has 0 aliphatic carbocycles. The highest BCUT2D eigenvalue weighted by atomic mass is 16.5. The zero-order valence-electron chi connectivity index (χ0n) is 16.1. The van der Waals surface area contributed by atoms with E-state index in [-0.39, 0.29) is 23.8 Å². The van der Waals surface area contributed by atoms with Gasteiger partial charge in [-0.2, -0.15) is 0 Å². The number of nitrogens with one attached hydrogen (secondary N) is 1. The molecule has 1 aliphatic heterocycles. The summed E-state index contributed by atoms with van der Waals surface area (Å²) in [5, 5.41) is 2.78. The summed E-state index contributed by atoms with van der Waals surface area (Å²) >= 11 is 0. The van der Waals surface area contributed by atoms with Gasteiger partial charge in [-0.3, -0.25) is 9.59 Å². The van der Waals surface area contributed by atoms with Crippen molar-refractivity contribution in [1.82, 2.24) is 10.2 Å². The molecule has 1 fully saturated rings. The lowest BCUT2D eigenvalue weighted by Gasteiger charge is -2.33. The van der Waals surface area contributed by atoms with Crippen molar-refractivity contribution >= 4 is 11.8 Å². The van der Waals surface area contributed by atoms with Crippen LogP contribution in [-0.2, 0) is 16.1 Å². The molecule has 1 aliphatic rings. The summed E-state index contributed by atoms with van der Waals surface area (Å²) in [4.78, 5) is 26.2. The fraction of sp³-hybridized carbons (Fsp3) is 0.579.